The molecule has 0 spiro atoms. The highest BCUT2D eigenvalue weighted by Crippen LogP contribution is 2.23. The Labute approximate surface area is 158 Å². The molecule has 0 bridgehead atoms. The van der Waals surface area contributed by atoms with Crippen molar-refractivity contribution >= 4 is 5.96 Å². The summed E-state index contributed by atoms with van der Waals surface area (Å²) in [5.74, 6) is 1.88. The summed E-state index contributed by atoms with van der Waals surface area (Å²) in [4.78, 5) is 9.50. The molecule has 0 aliphatic carbocycles. The van der Waals surface area contributed by atoms with Gasteiger partial charge in [-0.3, -0.25) is 9.89 Å². The molecule has 2 saturated heterocycles. The van der Waals surface area contributed by atoms with E-state index in [0.29, 0.717) is 6.04 Å². The number of piperidine rings is 1. The first kappa shape index (κ1) is 19.2. The van der Waals surface area contributed by atoms with Gasteiger partial charge in [0.2, 0.25) is 0 Å². The van der Waals surface area contributed by atoms with Crippen molar-refractivity contribution in [3.8, 4) is 0 Å². The molecule has 0 amide bonds. The number of benzene rings is 1. The van der Waals surface area contributed by atoms with Crippen molar-refractivity contribution in [2.75, 3.05) is 53.0 Å². The molecule has 1 N–H and O–H groups in total. The van der Waals surface area contributed by atoms with Crippen molar-refractivity contribution in [1.82, 2.24) is 15.1 Å². The smallest absolute Gasteiger partial charge is 0.193 e. The molecule has 5 heteroatoms. The normalized spacial score (nSPS) is 21.7. The summed E-state index contributed by atoms with van der Waals surface area (Å²) in [6.07, 6.45) is 2.51. The van der Waals surface area contributed by atoms with Crippen LogP contribution in [0.1, 0.15) is 36.9 Å². The minimum atomic E-state index is 0.347. The maximum Gasteiger partial charge on any atom is 0.193 e. The first-order chi connectivity index (χ1) is 12.7. The summed E-state index contributed by atoms with van der Waals surface area (Å²) in [6, 6.07) is 9.24. The maximum atomic E-state index is 5.57. The van der Waals surface area contributed by atoms with Crippen LogP contribution in [-0.4, -0.2) is 68.7 Å². The molecule has 5 nitrogen and oxygen atoms in total. The predicted molar refractivity (Wildman–Crippen MR) is 108 cm³/mol. The van der Waals surface area contributed by atoms with E-state index in [1.807, 2.05) is 7.05 Å². The van der Waals surface area contributed by atoms with E-state index in [9.17, 15) is 0 Å². The van der Waals surface area contributed by atoms with Gasteiger partial charge in [-0.15, -0.1) is 0 Å². The Morgan fingerprint density at radius 2 is 1.96 bits per heavy atom. The minimum absolute atomic E-state index is 0.347. The van der Waals surface area contributed by atoms with Crippen molar-refractivity contribution in [3.05, 3.63) is 35.4 Å². The van der Waals surface area contributed by atoms with Gasteiger partial charge in [-0.1, -0.05) is 36.8 Å². The monoisotopic (exact) mass is 358 g/mol. The van der Waals surface area contributed by atoms with Crippen LogP contribution >= 0.6 is 0 Å². The van der Waals surface area contributed by atoms with E-state index in [4.69, 9.17) is 4.74 Å². The topological polar surface area (TPSA) is 40.1 Å². The maximum absolute atomic E-state index is 5.57. The van der Waals surface area contributed by atoms with Crippen molar-refractivity contribution in [2.24, 2.45) is 10.9 Å². The van der Waals surface area contributed by atoms with Crippen molar-refractivity contribution in [2.45, 2.75) is 32.7 Å². The lowest BCUT2D eigenvalue weighted by atomic mass is 9.99. The Balaban J connectivity index is 1.68. The third kappa shape index (κ3) is 4.98. The fourth-order valence-corrected chi connectivity index (χ4v) is 3.96. The van der Waals surface area contributed by atoms with E-state index in [1.54, 1.807) is 0 Å². The van der Waals surface area contributed by atoms with Crippen molar-refractivity contribution in [1.29, 1.82) is 0 Å². The fourth-order valence-electron chi connectivity index (χ4n) is 3.96. The second kappa shape index (κ2) is 9.38. The second-order valence-electron chi connectivity index (χ2n) is 7.68. The summed E-state index contributed by atoms with van der Waals surface area (Å²) in [5.41, 5.74) is 2.69. The zero-order chi connectivity index (χ0) is 18.4. The molecule has 144 valence electrons. The van der Waals surface area contributed by atoms with Gasteiger partial charge in [-0.05, 0) is 31.2 Å². The first-order valence-corrected chi connectivity index (χ1v) is 10.0. The van der Waals surface area contributed by atoms with Gasteiger partial charge in [0.05, 0.1) is 19.3 Å². The Kier molecular flexibility index (Phi) is 6.92. The molecule has 2 fully saturated rings. The Morgan fingerprint density at radius 1 is 1.23 bits per heavy atom. The Hall–Kier alpha value is -1.59. The highest BCUT2D eigenvalue weighted by molar-refractivity contribution is 5.80. The highest BCUT2D eigenvalue weighted by atomic mass is 16.5. The van der Waals surface area contributed by atoms with Crippen LogP contribution in [0, 0.1) is 12.8 Å². The molecular formula is C21H34N4O. The lowest BCUT2D eigenvalue weighted by Gasteiger charge is -2.37. The summed E-state index contributed by atoms with van der Waals surface area (Å²) < 4.78 is 5.57. The average Bonchev–Trinajstić information content (AvgIpc) is 2.67. The van der Waals surface area contributed by atoms with Crippen molar-refractivity contribution in [3.63, 3.8) is 0 Å². The van der Waals surface area contributed by atoms with Gasteiger partial charge in [0, 0.05) is 39.8 Å². The van der Waals surface area contributed by atoms with Crippen LogP contribution in [0.3, 0.4) is 0 Å². The number of likely N-dealkylation sites (tertiary alicyclic amines) is 1. The highest BCUT2D eigenvalue weighted by Gasteiger charge is 2.24. The van der Waals surface area contributed by atoms with Gasteiger partial charge < -0.3 is 15.0 Å². The zero-order valence-electron chi connectivity index (χ0n) is 16.6. The van der Waals surface area contributed by atoms with Crippen LogP contribution in [0.4, 0.5) is 0 Å². The van der Waals surface area contributed by atoms with E-state index in [0.717, 1.165) is 57.8 Å². The molecule has 1 atom stereocenters. The number of ether oxygens (including phenoxy) is 1. The SMILES string of the molecule is CN=C(NCC(c1cccc(C)c1)N1CCOCC1)N1CCC(C)CC1. The van der Waals surface area contributed by atoms with Gasteiger partial charge in [-0.25, -0.2) is 0 Å². The summed E-state index contributed by atoms with van der Waals surface area (Å²) in [6.45, 7) is 11.2. The zero-order valence-corrected chi connectivity index (χ0v) is 16.6. The predicted octanol–water partition coefficient (Wildman–Crippen LogP) is 2.68. The lowest BCUT2D eigenvalue weighted by Crippen LogP contribution is -2.49. The molecule has 2 aliphatic rings. The average molecular weight is 359 g/mol. The summed E-state index contributed by atoms with van der Waals surface area (Å²) in [5, 5.41) is 3.66. The van der Waals surface area contributed by atoms with Gasteiger partial charge >= 0.3 is 0 Å². The van der Waals surface area contributed by atoms with Crippen LogP contribution in [0.2, 0.25) is 0 Å². The number of morpholine rings is 1. The van der Waals surface area contributed by atoms with E-state index >= 15 is 0 Å². The number of aliphatic imine (C=N–C) groups is 1. The third-order valence-electron chi connectivity index (χ3n) is 5.66. The van der Waals surface area contributed by atoms with E-state index in [1.165, 1.54) is 24.0 Å². The van der Waals surface area contributed by atoms with Crippen LogP contribution in [0.15, 0.2) is 29.3 Å². The van der Waals surface area contributed by atoms with Gasteiger partial charge in [0.1, 0.15) is 0 Å². The molecule has 0 saturated carbocycles. The van der Waals surface area contributed by atoms with E-state index in [2.05, 4.69) is 58.2 Å². The first-order valence-electron chi connectivity index (χ1n) is 10.0. The summed E-state index contributed by atoms with van der Waals surface area (Å²) >= 11 is 0. The van der Waals surface area contributed by atoms with E-state index in [-0.39, 0.29) is 0 Å². The number of hydrogen-bond acceptors (Lipinski definition) is 3. The van der Waals surface area contributed by atoms with Gasteiger partial charge in [0.15, 0.2) is 5.96 Å². The Morgan fingerprint density at radius 3 is 2.62 bits per heavy atom. The lowest BCUT2D eigenvalue weighted by molar-refractivity contribution is 0.0168. The molecule has 0 aromatic heterocycles. The molecular weight excluding hydrogens is 324 g/mol. The molecule has 1 aromatic rings. The van der Waals surface area contributed by atoms with Crippen LogP contribution < -0.4 is 5.32 Å². The van der Waals surface area contributed by atoms with Crippen LogP contribution in [-0.2, 0) is 4.74 Å². The number of nitrogens with zero attached hydrogens (tertiary/aromatic N) is 3. The number of nitrogens with one attached hydrogen (secondary N) is 1. The Bertz CT molecular complexity index is 589. The number of hydrogen-bond donors (Lipinski definition) is 1. The molecule has 3 rings (SSSR count). The number of guanidine groups is 1. The molecule has 1 aromatic carbocycles. The third-order valence-corrected chi connectivity index (χ3v) is 5.66. The standard InChI is InChI=1S/C21H34N4O/c1-17-7-9-25(10-8-17)21(22-3)23-16-20(24-11-13-26-14-12-24)19-6-4-5-18(2)15-19/h4-6,15,17,20H,7-14,16H2,1-3H3,(H,22,23). The fraction of sp³-hybridized carbons (Fsp3) is 0.667. The molecule has 2 aliphatic heterocycles. The summed E-state index contributed by atoms with van der Waals surface area (Å²) in [7, 11) is 1.90. The molecule has 1 unspecified atom stereocenters. The van der Waals surface area contributed by atoms with Gasteiger partial charge in [0.25, 0.3) is 0 Å². The van der Waals surface area contributed by atoms with Crippen LogP contribution in [0.25, 0.3) is 0 Å². The second-order valence-corrected chi connectivity index (χ2v) is 7.68. The van der Waals surface area contributed by atoms with Gasteiger partial charge in [-0.2, -0.15) is 0 Å². The minimum Gasteiger partial charge on any atom is -0.379 e. The van der Waals surface area contributed by atoms with Crippen molar-refractivity contribution < 1.29 is 4.74 Å². The molecule has 26 heavy (non-hydrogen) atoms. The molecule has 0 radical (unpaired) electrons. The number of rotatable bonds is 4. The quantitative estimate of drug-likeness (QED) is 0.664. The largest absolute Gasteiger partial charge is 0.379 e. The molecule has 2 heterocycles. The van der Waals surface area contributed by atoms with E-state index < -0.39 is 0 Å². The number of aryl methyl sites for hydroxylation is 1. The van der Waals surface area contributed by atoms with Crippen LogP contribution in [0.5, 0.6) is 0 Å².